The lowest BCUT2D eigenvalue weighted by molar-refractivity contribution is -0.0492. The summed E-state index contributed by atoms with van der Waals surface area (Å²) in [5.41, 5.74) is 11.4. The Kier molecular flexibility index (Phi) is 5.24. The molecular weight excluding hydrogens is 188 g/mol. The highest BCUT2D eigenvalue weighted by Crippen LogP contribution is 2.20. The van der Waals surface area contributed by atoms with Gasteiger partial charge >= 0.3 is 0 Å². The molecule has 0 aromatic carbocycles. The predicted octanol–water partition coefficient (Wildman–Crippen LogP) is 1.89. The summed E-state index contributed by atoms with van der Waals surface area (Å²) in [4.78, 5) is 0. The first-order valence-corrected chi connectivity index (χ1v) is 5.73. The van der Waals surface area contributed by atoms with Crippen LogP contribution in [0.4, 0.5) is 0 Å². The lowest BCUT2D eigenvalue weighted by atomic mass is 9.90. The first-order chi connectivity index (χ1) is 6.54. The molecule has 0 aliphatic carbocycles. The maximum absolute atomic E-state index is 6.00. The molecule has 0 saturated heterocycles. The molecule has 0 heterocycles. The minimum Gasteiger partial charge on any atom is -0.375 e. The van der Waals surface area contributed by atoms with E-state index in [1.807, 2.05) is 20.8 Å². The van der Waals surface area contributed by atoms with Crippen molar-refractivity contribution in [1.82, 2.24) is 0 Å². The summed E-state index contributed by atoms with van der Waals surface area (Å²) < 4.78 is 5.87. The van der Waals surface area contributed by atoms with Crippen molar-refractivity contribution in [2.24, 2.45) is 17.4 Å². The zero-order chi connectivity index (χ0) is 12.3. The smallest absolute Gasteiger partial charge is 0.0641 e. The molecule has 4 N–H and O–H groups in total. The van der Waals surface area contributed by atoms with E-state index < -0.39 is 0 Å². The Labute approximate surface area is 94.5 Å². The van der Waals surface area contributed by atoms with Gasteiger partial charge in [0, 0.05) is 11.6 Å². The van der Waals surface area contributed by atoms with Crippen LogP contribution in [0.5, 0.6) is 0 Å². The Morgan fingerprint density at radius 2 is 1.60 bits per heavy atom. The number of nitrogens with two attached hydrogens (primary N) is 2. The van der Waals surface area contributed by atoms with Gasteiger partial charge in [0.05, 0.1) is 12.2 Å². The average molecular weight is 216 g/mol. The molecule has 92 valence electrons. The first kappa shape index (κ1) is 14.9. The van der Waals surface area contributed by atoms with Crippen LogP contribution in [-0.2, 0) is 4.74 Å². The number of rotatable bonds is 6. The van der Waals surface area contributed by atoms with E-state index in [-0.39, 0.29) is 17.2 Å². The Morgan fingerprint density at radius 3 is 1.93 bits per heavy atom. The van der Waals surface area contributed by atoms with Crippen LogP contribution >= 0.6 is 0 Å². The molecule has 0 saturated carbocycles. The van der Waals surface area contributed by atoms with Crippen LogP contribution in [0.2, 0.25) is 0 Å². The van der Waals surface area contributed by atoms with Crippen LogP contribution in [0.25, 0.3) is 0 Å². The second-order valence-corrected chi connectivity index (χ2v) is 5.97. The normalized spacial score (nSPS) is 17.6. The topological polar surface area (TPSA) is 61.3 Å². The third kappa shape index (κ3) is 6.88. The quantitative estimate of drug-likeness (QED) is 0.713. The summed E-state index contributed by atoms with van der Waals surface area (Å²) in [5, 5.41) is 0. The minimum absolute atomic E-state index is 0.159. The predicted molar refractivity (Wildman–Crippen MR) is 65.7 cm³/mol. The summed E-state index contributed by atoms with van der Waals surface area (Å²) in [6.07, 6.45) is 0.866. The second kappa shape index (κ2) is 5.28. The lowest BCUT2D eigenvalue weighted by Gasteiger charge is -2.33. The van der Waals surface area contributed by atoms with E-state index in [2.05, 4.69) is 20.8 Å². The molecule has 15 heavy (non-hydrogen) atoms. The Morgan fingerprint density at radius 1 is 1.13 bits per heavy atom. The molecule has 0 aliphatic rings. The van der Waals surface area contributed by atoms with E-state index in [4.69, 9.17) is 16.2 Å². The van der Waals surface area contributed by atoms with Crippen molar-refractivity contribution in [2.75, 3.05) is 6.61 Å². The molecule has 0 amide bonds. The maximum atomic E-state index is 6.00. The van der Waals surface area contributed by atoms with Gasteiger partial charge in [0.15, 0.2) is 0 Å². The van der Waals surface area contributed by atoms with Gasteiger partial charge in [-0.3, -0.25) is 0 Å². The highest BCUT2D eigenvalue weighted by molar-refractivity contribution is 4.80. The van der Waals surface area contributed by atoms with E-state index >= 15 is 0 Å². The monoisotopic (exact) mass is 216 g/mol. The fourth-order valence-corrected chi connectivity index (χ4v) is 1.40. The Bertz CT molecular complexity index is 183. The van der Waals surface area contributed by atoms with Gasteiger partial charge in [-0.05, 0) is 47.0 Å². The summed E-state index contributed by atoms with van der Waals surface area (Å²) in [7, 11) is 0. The van der Waals surface area contributed by atoms with Crippen LogP contribution in [0.3, 0.4) is 0 Å². The Balaban J connectivity index is 4.04. The molecule has 3 nitrogen and oxygen atoms in total. The minimum atomic E-state index is -0.190. The van der Waals surface area contributed by atoms with Crippen molar-refractivity contribution in [3.63, 3.8) is 0 Å². The molecule has 0 aromatic rings. The summed E-state index contributed by atoms with van der Waals surface area (Å²) in [5.74, 6) is 0.338. The van der Waals surface area contributed by atoms with Crippen molar-refractivity contribution >= 4 is 0 Å². The molecule has 0 fully saturated rings. The summed E-state index contributed by atoms with van der Waals surface area (Å²) in [6, 6.07) is 0.168. The van der Waals surface area contributed by atoms with E-state index in [9.17, 15) is 0 Å². The van der Waals surface area contributed by atoms with Gasteiger partial charge in [0.1, 0.15) is 0 Å². The first-order valence-electron chi connectivity index (χ1n) is 5.73. The second-order valence-electron chi connectivity index (χ2n) is 5.97. The molecule has 0 radical (unpaired) electrons. The molecule has 3 heteroatoms. The fraction of sp³-hybridized carbons (Fsp3) is 1.00. The van der Waals surface area contributed by atoms with Gasteiger partial charge in [0.2, 0.25) is 0 Å². The Hall–Kier alpha value is -0.120. The molecule has 0 bridgehead atoms. The van der Waals surface area contributed by atoms with Gasteiger partial charge < -0.3 is 16.2 Å². The largest absolute Gasteiger partial charge is 0.375 e. The fourth-order valence-electron chi connectivity index (χ4n) is 1.40. The lowest BCUT2D eigenvalue weighted by Crippen LogP contribution is -2.43. The molecular formula is C12H28N2O. The molecule has 0 rings (SSSR count). The highest BCUT2D eigenvalue weighted by atomic mass is 16.5. The molecule has 0 aliphatic heterocycles. The number of hydrogen-bond donors (Lipinski definition) is 2. The van der Waals surface area contributed by atoms with Crippen molar-refractivity contribution in [1.29, 1.82) is 0 Å². The van der Waals surface area contributed by atoms with Crippen molar-refractivity contribution in [2.45, 2.75) is 65.1 Å². The SMILES string of the molecule is C[C@H](N)CC(C)(C)OC[C@@H](C)C(C)(C)N. The summed E-state index contributed by atoms with van der Waals surface area (Å²) >= 11 is 0. The highest BCUT2D eigenvalue weighted by Gasteiger charge is 2.25. The maximum Gasteiger partial charge on any atom is 0.0641 e. The van der Waals surface area contributed by atoms with Crippen LogP contribution < -0.4 is 11.5 Å². The zero-order valence-corrected chi connectivity index (χ0v) is 11.1. The van der Waals surface area contributed by atoms with Gasteiger partial charge in [-0.15, -0.1) is 0 Å². The average Bonchev–Trinajstić information content (AvgIpc) is 1.95. The summed E-state index contributed by atoms with van der Waals surface area (Å²) in [6.45, 7) is 13.0. The van der Waals surface area contributed by atoms with E-state index in [1.54, 1.807) is 0 Å². The van der Waals surface area contributed by atoms with E-state index in [0.29, 0.717) is 12.5 Å². The van der Waals surface area contributed by atoms with Crippen molar-refractivity contribution in [3.05, 3.63) is 0 Å². The molecule has 0 aromatic heterocycles. The van der Waals surface area contributed by atoms with Gasteiger partial charge in [-0.25, -0.2) is 0 Å². The van der Waals surface area contributed by atoms with Gasteiger partial charge in [-0.1, -0.05) is 6.92 Å². The molecule has 2 atom stereocenters. The van der Waals surface area contributed by atoms with Gasteiger partial charge in [-0.2, -0.15) is 0 Å². The molecule has 0 unspecified atom stereocenters. The number of ether oxygens (including phenoxy) is 1. The van der Waals surface area contributed by atoms with Crippen LogP contribution in [0.1, 0.15) is 48.0 Å². The van der Waals surface area contributed by atoms with Crippen molar-refractivity contribution < 1.29 is 4.74 Å². The standard InChI is InChI=1S/C12H28N2O/c1-9(12(5,6)14)8-15-11(3,4)7-10(2)13/h9-10H,7-8,13-14H2,1-6H3/t9-,10+/m1/s1. The van der Waals surface area contributed by atoms with Crippen LogP contribution in [-0.4, -0.2) is 23.8 Å². The van der Waals surface area contributed by atoms with Gasteiger partial charge in [0.25, 0.3) is 0 Å². The van der Waals surface area contributed by atoms with Crippen molar-refractivity contribution in [3.8, 4) is 0 Å². The number of hydrogen-bond acceptors (Lipinski definition) is 3. The third-order valence-corrected chi connectivity index (χ3v) is 2.81. The zero-order valence-electron chi connectivity index (χ0n) is 11.1. The molecule has 0 spiro atoms. The van der Waals surface area contributed by atoms with Crippen LogP contribution in [0.15, 0.2) is 0 Å². The van der Waals surface area contributed by atoms with Crippen LogP contribution in [0, 0.1) is 5.92 Å². The van der Waals surface area contributed by atoms with E-state index in [0.717, 1.165) is 6.42 Å². The van der Waals surface area contributed by atoms with E-state index in [1.165, 1.54) is 0 Å². The third-order valence-electron chi connectivity index (χ3n) is 2.81.